The number of rotatable bonds is 7. The minimum Gasteiger partial charge on any atom is -0.381 e. The summed E-state index contributed by atoms with van der Waals surface area (Å²) in [6.07, 6.45) is 8.51. The van der Waals surface area contributed by atoms with Gasteiger partial charge < -0.3 is 14.5 Å². The average Bonchev–Trinajstić information content (AvgIpc) is 2.73. The van der Waals surface area contributed by atoms with Crippen molar-refractivity contribution in [3.05, 3.63) is 36.8 Å². The van der Waals surface area contributed by atoms with Crippen LogP contribution in [0.25, 0.3) is 0 Å². The van der Waals surface area contributed by atoms with Gasteiger partial charge in [-0.1, -0.05) is 26.8 Å². The molecule has 1 saturated heterocycles. The molecular formula is C22H34N4O2. The standard InChI is InChI=1S/C22H34N4O2/c1-4-21(27)26(20-7-5-6-10-23-20)18-22(8-15-28-16-9-22)25-13-11-24(12-14-25)17-19(2)3/h5-7,10-11,13,19H,4,8-9,12,14-18H2,1-3H3. The van der Waals surface area contributed by atoms with Crippen molar-refractivity contribution in [2.75, 3.05) is 44.3 Å². The average molecular weight is 387 g/mol. The summed E-state index contributed by atoms with van der Waals surface area (Å²) in [4.78, 5) is 24.0. The maximum atomic E-state index is 12.8. The molecule has 0 spiro atoms. The molecule has 1 aromatic heterocycles. The van der Waals surface area contributed by atoms with Gasteiger partial charge in [-0.05, 0) is 30.9 Å². The molecule has 2 aliphatic rings. The number of pyridine rings is 1. The van der Waals surface area contributed by atoms with Gasteiger partial charge in [0.1, 0.15) is 5.82 Å². The second kappa shape index (κ2) is 9.41. The number of hydrogen-bond acceptors (Lipinski definition) is 5. The van der Waals surface area contributed by atoms with Crippen molar-refractivity contribution in [1.82, 2.24) is 14.8 Å². The Morgan fingerprint density at radius 1 is 1.25 bits per heavy atom. The van der Waals surface area contributed by atoms with E-state index in [0.717, 1.165) is 51.5 Å². The zero-order chi connectivity index (χ0) is 20.0. The number of nitrogens with zero attached hydrogens (tertiary/aromatic N) is 4. The van der Waals surface area contributed by atoms with Crippen LogP contribution in [0.5, 0.6) is 0 Å². The minimum atomic E-state index is -0.110. The molecule has 0 bridgehead atoms. The van der Waals surface area contributed by atoms with Crippen LogP contribution in [0.15, 0.2) is 36.8 Å². The number of amides is 1. The van der Waals surface area contributed by atoms with Crippen LogP contribution in [0, 0.1) is 5.92 Å². The van der Waals surface area contributed by atoms with Gasteiger partial charge in [0.2, 0.25) is 5.91 Å². The van der Waals surface area contributed by atoms with E-state index >= 15 is 0 Å². The first-order valence-electron chi connectivity index (χ1n) is 10.5. The van der Waals surface area contributed by atoms with Crippen molar-refractivity contribution in [2.45, 2.75) is 45.6 Å². The zero-order valence-electron chi connectivity index (χ0n) is 17.5. The molecule has 0 unspecified atom stereocenters. The summed E-state index contributed by atoms with van der Waals surface area (Å²) < 4.78 is 5.68. The van der Waals surface area contributed by atoms with Gasteiger partial charge >= 0.3 is 0 Å². The van der Waals surface area contributed by atoms with Crippen molar-refractivity contribution in [1.29, 1.82) is 0 Å². The highest BCUT2D eigenvalue weighted by atomic mass is 16.5. The fraction of sp³-hybridized carbons (Fsp3) is 0.636. The Bertz CT molecular complexity index is 656. The lowest BCUT2D eigenvalue weighted by molar-refractivity contribution is -0.119. The molecule has 2 aliphatic heterocycles. The van der Waals surface area contributed by atoms with E-state index in [1.54, 1.807) is 6.20 Å². The Kier molecular flexibility index (Phi) is 6.94. The van der Waals surface area contributed by atoms with E-state index in [4.69, 9.17) is 4.74 Å². The fourth-order valence-electron chi connectivity index (χ4n) is 4.16. The molecule has 3 rings (SSSR count). The summed E-state index contributed by atoms with van der Waals surface area (Å²) in [5, 5.41) is 0. The zero-order valence-corrected chi connectivity index (χ0v) is 17.5. The first kappa shape index (κ1) is 20.6. The summed E-state index contributed by atoms with van der Waals surface area (Å²) in [7, 11) is 0. The third-order valence-corrected chi connectivity index (χ3v) is 5.70. The molecule has 0 atom stereocenters. The molecule has 0 saturated carbocycles. The Balaban J connectivity index is 1.83. The Morgan fingerprint density at radius 3 is 2.61 bits per heavy atom. The molecule has 1 aromatic rings. The van der Waals surface area contributed by atoms with E-state index in [9.17, 15) is 4.79 Å². The molecule has 28 heavy (non-hydrogen) atoms. The maximum Gasteiger partial charge on any atom is 0.227 e. The Hall–Kier alpha value is -2.08. The van der Waals surface area contributed by atoms with Crippen LogP contribution < -0.4 is 4.90 Å². The minimum absolute atomic E-state index is 0.110. The monoisotopic (exact) mass is 386 g/mol. The summed E-state index contributed by atoms with van der Waals surface area (Å²) in [5.41, 5.74) is -0.110. The van der Waals surface area contributed by atoms with Gasteiger partial charge in [-0.15, -0.1) is 0 Å². The van der Waals surface area contributed by atoms with Gasteiger partial charge in [0, 0.05) is 57.9 Å². The van der Waals surface area contributed by atoms with Crippen LogP contribution in [0.3, 0.4) is 0 Å². The summed E-state index contributed by atoms with van der Waals surface area (Å²) in [5.74, 6) is 1.50. The van der Waals surface area contributed by atoms with Crippen LogP contribution in [-0.2, 0) is 9.53 Å². The molecule has 0 aromatic carbocycles. The SMILES string of the molecule is CCC(=O)N(CC1(N2C=CN(CC(C)C)CC2)CCOCC1)c1ccccn1. The van der Waals surface area contributed by atoms with Crippen molar-refractivity contribution < 1.29 is 9.53 Å². The lowest BCUT2D eigenvalue weighted by atomic mass is 9.86. The Morgan fingerprint density at radius 2 is 2.04 bits per heavy atom. The van der Waals surface area contributed by atoms with Crippen molar-refractivity contribution in [3.8, 4) is 0 Å². The third kappa shape index (κ3) is 4.85. The predicted octanol–water partition coefficient (Wildman–Crippen LogP) is 3.12. The normalized spacial score (nSPS) is 19.1. The van der Waals surface area contributed by atoms with E-state index in [-0.39, 0.29) is 11.4 Å². The molecule has 6 heteroatoms. The van der Waals surface area contributed by atoms with E-state index in [0.29, 0.717) is 18.9 Å². The van der Waals surface area contributed by atoms with Crippen LogP contribution in [0.1, 0.15) is 40.0 Å². The highest BCUT2D eigenvalue weighted by molar-refractivity contribution is 5.92. The second-order valence-electron chi connectivity index (χ2n) is 8.24. The summed E-state index contributed by atoms with van der Waals surface area (Å²) >= 11 is 0. The van der Waals surface area contributed by atoms with E-state index in [1.165, 1.54) is 0 Å². The van der Waals surface area contributed by atoms with Crippen molar-refractivity contribution >= 4 is 11.7 Å². The summed E-state index contributed by atoms with van der Waals surface area (Å²) in [6, 6.07) is 5.76. The van der Waals surface area contributed by atoms with Gasteiger partial charge in [-0.3, -0.25) is 9.69 Å². The maximum absolute atomic E-state index is 12.8. The smallest absolute Gasteiger partial charge is 0.227 e. The Labute approximate surface area is 169 Å². The molecule has 0 aliphatic carbocycles. The molecule has 1 fully saturated rings. The topological polar surface area (TPSA) is 48.9 Å². The lowest BCUT2D eigenvalue weighted by Gasteiger charge is -2.50. The highest BCUT2D eigenvalue weighted by Gasteiger charge is 2.41. The van der Waals surface area contributed by atoms with Gasteiger partial charge in [0.25, 0.3) is 0 Å². The number of carbonyl (C=O) groups excluding carboxylic acids is 1. The molecule has 1 amide bonds. The number of hydrogen-bond donors (Lipinski definition) is 0. The van der Waals surface area contributed by atoms with Gasteiger partial charge in [0.05, 0.1) is 12.1 Å². The molecule has 154 valence electrons. The molecule has 0 radical (unpaired) electrons. The van der Waals surface area contributed by atoms with Crippen molar-refractivity contribution in [3.63, 3.8) is 0 Å². The van der Waals surface area contributed by atoms with Gasteiger partial charge in [-0.2, -0.15) is 0 Å². The fourth-order valence-corrected chi connectivity index (χ4v) is 4.16. The van der Waals surface area contributed by atoms with Crippen molar-refractivity contribution in [2.24, 2.45) is 5.92 Å². The first-order valence-corrected chi connectivity index (χ1v) is 10.5. The van der Waals surface area contributed by atoms with Crippen LogP contribution in [0.4, 0.5) is 5.82 Å². The molecule has 0 N–H and O–H groups in total. The van der Waals surface area contributed by atoms with Gasteiger partial charge in [0.15, 0.2) is 0 Å². The number of aromatic nitrogens is 1. The predicted molar refractivity (Wildman–Crippen MR) is 112 cm³/mol. The van der Waals surface area contributed by atoms with E-state index in [2.05, 4.69) is 41.0 Å². The highest BCUT2D eigenvalue weighted by Crippen LogP contribution is 2.32. The van der Waals surface area contributed by atoms with E-state index < -0.39 is 0 Å². The molecular weight excluding hydrogens is 352 g/mol. The lowest BCUT2D eigenvalue weighted by Crippen LogP contribution is -2.59. The summed E-state index contributed by atoms with van der Waals surface area (Å²) in [6.45, 7) is 11.6. The third-order valence-electron chi connectivity index (χ3n) is 5.70. The largest absolute Gasteiger partial charge is 0.381 e. The van der Waals surface area contributed by atoms with Crippen LogP contribution in [-0.4, -0.2) is 65.6 Å². The molecule has 3 heterocycles. The second-order valence-corrected chi connectivity index (χ2v) is 8.24. The quantitative estimate of drug-likeness (QED) is 0.721. The van der Waals surface area contributed by atoms with E-state index in [1.807, 2.05) is 30.0 Å². The van der Waals surface area contributed by atoms with Crippen LogP contribution in [0.2, 0.25) is 0 Å². The van der Waals surface area contributed by atoms with Gasteiger partial charge in [-0.25, -0.2) is 4.98 Å². The van der Waals surface area contributed by atoms with Crippen LogP contribution >= 0.6 is 0 Å². The molecule has 6 nitrogen and oxygen atoms in total. The number of anilines is 1. The first-order chi connectivity index (χ1) is 13.5. The number of ether oxygens (including phenoxy) is 1. The number of carbonyl (C=O) groups is 1.